The molecule has 0 aliphatic carbocycles. The molecule has 0 fully saturated rings. The summed E-state index contributed by atoms with van der Waals surface area (Å²) < 4.78 is 0. The zero-order valence-corrected chi connectivity index (χ0v) is 7.28. The standard InChI is InChI=1S/C9H10N4/c1-10-9-3-2-7(4-12-9)8-5-11-6-13-8/h2-6H,1H3,(H,10,12)(H,11,13). The largest absolute Gasteiger partial charge is 0.373 e. The first-order valence-electron chi connectivity index (χ1n) is 4.02. The average Bonchev–Trinajstić information content (AvgIpc) is 2.71. The lowest BCUT2D eigenvalue weighted by molar-refractivity contribution is 1.27. The van der Waals surface area contributed by atoms with E-state index in [2.05, 4.69) is 20.3 Å². The van der Waals surface area contributed by atoms with E-state index in [1.807, 2.05) is 19.2 Å². The molecule has 0 unspecified atom stereocenters. The molecule has 0 spiro atoms. The molecule has 0 saturated carbocycles. The molecule has 0 aromatic carbocycles. The van der Waals surface area contributed by atoms with Gasteiger partial charge in [-0.2, -0.15) is 0 Å². The van der Waals surface area contributed by atoms with E-state index in [1.54, 1.807) is 18.7 Å². The second-order valence-electron chi connectivity index (χ2n) is 2.65. The summed E-state index contributed by atoms with van der Waals surface area (Å²) in [7, 11) is 1.85. The Hall–Kier alpha value is -1.84. The number of hydrogen-bond donors (Lipinski definition) is 2. The molecule has 2 aromatic heterocycles. The number of hydrogen-bond acceptors (Lipinski definition) is 3. The molecule has 0 amide bonds. The van der Waals surface area contributed by atoms with Gasteiger partial charge < -0.3 is 10.3 Å². The van der Waals surface area contributed by atoms with E-state index in [1.165, 1.54) is 0 Å². The topological polar surface area (TPSA) is 53.6 Å². The Morgan fingerprint density at radius 3 is 2.77 bits per heavy atom. The fourth-order valence-electron chi connectivity index (χ4n) is 1.11. The van der Waals surface area contributed by atoms with E-state index in [4.69, 9.17) is 0 Å². The second-order valence-corrected chi connectivity index (χ2v) is 2.65. The molecular weight excluding hydrogens is 164 g/mol. The Kier molecular flexibility index (Phi) is 1.96. The molecule has 2 aromatic rings. The number of rotatable bonds is 2. The first-order valence-corrected chi connectivity index (χ1v) is 4.02. The summed E-state index contributed by atoms with van der Waals surface area (Å²) in [5.74, 6) is 0.864. The Labute approximate surface area is 76.1 Å². The number of nitrogens with zero attached hydrogens (tertiary/aromatic N) is 2. The van der Waals surface area contributed by atoms with Crippen LogP contribution in [0.15, 0.2) is 30.9 Å². The van der Waals surface area contributed by atoms with Gasteiger partial charge in [0.25, 0.3) is 0 Å². The summed E-state index contributed by atoms with van der Waals surface area (Å²) in [5, 5.41) is 2.96. The first-order chi connectivity index (χ1) is 6.40. The maximum absolute atomic E-state index is 4.19. The van der Waals surface area contributed by atoms with Crippen LogP contribution in [-0.2, 0) is 0 Å². The van der Waals surface area contributed by atoms with Crippen LogP contribution in [0.4, 0.5) is 5.82 Å². The van der Waals surface area contributed by atoms with Crippen molar-refractivity contribution in [2.45, 2.75) is 0 Å². The number of imidazole rings is 1. The minimum Gasteiger partial charge on any atom is -0.373 e. The van der Waals surface area contributed by atoms with Gasteiger partial charge in [-0.25, -0.2) is 9.97 Å². The zero-order valence-electron chi connectivity index (χ0n) is 7.28. The third-order valence-corrected chi connectivity index (χ3v) is 1.83. The number of anilines is 1. The van der Waals surface area contributed by atoms with Crippen LogP contribution in [-0.4, -0.2) is 22.0 Å². The summed E-state index contributed by atoms with van der Waals surface area (Å²) >= 11 is 0. The average molecular weight is 174 g/mol. The molecule has 2 heterocycles. The molecule has 2 rings (SSSR count). The summed E-state index contributed by atoms with van der Waals surface area (Å²) in [6, 6.07) is 3.92. The Balaban J connectivity index is 2.33. The molecular formula is C9H10N4. The highest BCUT2D eigenvalue weighted by Crippen LogP contribution is 2.15. The smallest absolute Gasteiger partial charge is 0.125 e. The second kappa shape index (κ2) is 3.26. The maximum Gasteiger partial charge on any atom is 0.125 e. The van der Waals surface area contributed by atoms with E-state index in [0.29, 0.717) is 0 Å². The molecule has 0 radical (unpaired) electrons. The molecule has 0 atom stereocenters. The predicted molar refractivity (Wildman–Crippen MR) is 51.4 cm³/mol. The summed E-state index contributed by atoms with van der Waals surface area (Å²) in [5.41, 5.74) is 2.02. The van der Waals surface area contributed by atoms with Crippen molar-refractivity contribution in [3.63, 3.8) is 0 Å². The maximum atomic E-state index is 4.19. The van der Waals surface area contributed by atoms with E-state index < -0.39 is 0 Å². The molecule has 0 aliphatic heterocycles. The fourth-order valence-corrected chi connectivity index (χ4v) is 1.11. The first kappa shape index (κ1) is 7.79. The van der Waals surface area contributed by atoms with Gasteiger partial charge in [-0.3, -0.25) is 0 Å². The number of aromatic amines is 1. The van der Waals surface area contributed by atoms with Crippen LogP contribution in [0.5, 0.6) is 0 Å². The molecule has 0 bridgehead atoms. The molecule has 2 N–H and O–H groups in total. The number of pyridine rings is 1. The zero-order chi connectivity index (χ0) is 9.10. The van der Waals surface area contributed by atoms with Gasteiger partial charge in [0.2, 0.25) is 0 Å². The van der Waals surface area contributed by atoms with Gasteiger partial charge in [0.15, 0.2) is 0 Å². The van der Waals surface area contributed by atoms with E-state index in [9.17, 15) is 0 Å². The van der Waals surface area contributed by atoms with Crippen molar-refractivity contribution in [3.8, 4) is 11.3 Å². The quantitative estimate of drug-likeness (QED) is 0.725. The van der Waals surface area contributed by atoms with Gasteiger partial charge >= 0.3 is 0 Å². The van der Waals surface area contributed by atoms with Crippen LogP contribution < -0.4 is 5.32 Å². The van der Waals surface area contributed by atoms with Gasteiger partial charge in [0.1, 0.15) is 5.82 Å². The Morgan fingerprint density at radius 2 is 2.23 bits per heavy atom. The lowest BCUT2D eigenvalue weighted by Crippen LogP contribution is -1.91. The van der Waals surface area contributed by atoms with E-state index >= 15 is 0 Å². The number of aromatic nitrogens is 3. The minimum absolute atomic E-state index is 0.864. The number of H-pyrrole nitrogens is 1. The fraction of sp³-hybridized carbons (Fsp3) is 0.111. The van der Waals surface area contributed by atoms with Crippen molar-refractivity contribution in [1.29, 1.82) is 0 Å². The van der Waals surface area contributed by atoms with E-state index in [0.717, 1.165) is 17.1 Å². The summed E-state index contributed by atoms with van der Waals surface area (Å²) in [6.45, 7) is 0. The highest BCUT2D eigenvalue weighted by molar-refractivity contribution is 5.58. The van der Waals surface area contributed by atoms with Crippen LogP contribution >= 0.6 is 0 Å². The van der Waals surface area contributed by atoms with Crippen molar-refractivity contribution < 1.29 is 0 Å². The highest BCUT2D eigenvalue weighted by Gasteiger charge is 1.98. The normalized spacial score (nSPS) is 9.92. The molecule has 4 heteroatoms. The number of nitrogens with one attached hydrogen (secondary N) is 2. The van der Waals surface area contributed by atoms with Crippen LogP contribution in [0.3, 0.4) is 0 Å². The van der Waals surface area contributed by atoms with Crippen molar-refractivity contribution >= 4 is 5.82 Å². The van der Waals surface area contributed by atoms with Crippen molar-refractivity contribution in [1.82, 2.24) is 15.0 Å². The van der Waals surface area contributed by atoms with Gasteiger partial charge in [0, 0.05) is 18.8 Å². The van der Waals surface area contributed by atoms with Crippen LogP contribution in [0.1, 0.15) is 0 Å². The van der Waals surface area contributed by atoms with E-state index in [-0.39, 0.29) is 0 Å². The summed E-state index contributed by atoms with van der Waals surface area (Å²) in [4.78, 5) is 11.2. The van der Waals surface area contributed by atoms with Crippen LogP contribution in [0.25, 0.3) is 11.3 Å². The third-order valence-electron chi connectivity index (χ3n) is 1.83. The lowest BCUT2D eigenvalue weighted by atomic mass is 10.2. The van der Waals surface area contributed by atoms with Gasteiger partial charge in [-0.15, -0.1) is 0 Å². The molecule has 13 heavy (non-hydrogen) atoms. The molecule has 0 saturated heterocycles. The SMILES string of the molecule is CNc1ccc(-c2cnc[nH]2)cn1. The molecule has 0 aliphatic rings. The monoisotopic (exact) mass is 174 g/mol. The lowest BCUT2D eigenvalue weighted by Gasteiger charge is -1.99. The van der Waals surface area contributed by atoms with Crippen LogP contribution in [0, 0.1) is 0 Å². The summed E-state index contributed by atoms with van der Waals surface area (Å²) in [6.07, 6.45) is 5.23. The predicted octanol–water partition coefficient (Wildman–Crippen LogP) is 1.51. The van der Waals surface area contributed by atoms with Gasteiger partial charge in [-0.1, -0.05) is 0 Å². The van der Waals surface area contributed by atoms with Crippen LogP contribution in [0.2, 0.25) is 0 Å². The van der Waals surface area contributed by atoms with Crippen molar-refractivity contribution in [2.75, 3.05) is 12.4 Å². The van der Waals surface area contributed by atoms with Crippen molar-refractivity contribution in [3.05, 3.63) is 30.9 Å². The Bertz CT molecular complexity index is 363. The van der Waals surface area contributed by atoms with Gasteiger partial charge in [-0.05, 0) is 12.1 Å². The van der Waals surface area contributed by atoms with Crippen molar-refractivity contribution in [2.24, 2.45) is 0 Å². The third kappa shape index (κ3) is 1.51. The Morgan fingerprint density at radius 1 is 1.31 bits per heavy atom. The molecule has 4 nitrogen and oxygen atoms in total. The molecule has 66 valence electrons. The highest BCUT2D eigenvalue weighted by atomic mass is 14.9. The van der Waals surface area contributed by atoms with Gasteiger partial charge in [0.05, 0.1) is 18.2 Å². The minimum atomic E-state index is 0.864.